The highest BCUT2D eigenvalue weighted by atomic mass is 32.2. The number of carbonyl (C=O) groups excluding carboxylic acids is 1. The van der Waals surface area contributed by atoms with Crippen LogP contribution in [0.2, 0.25) is 0 Å². The standard InChI is InChI=1S/C6H15N3O4S/c1-5(3-7)4-8-14(11,12)9-6(10)13-2/h5,8H,3-4,7H2,1-2H3,(H,9,10). The number of nitrogens with two attached hydrogens (primary N) is 1. The Bertz CT molecular complexity index is 277. The summed E-state index contributed by atoms with van der Waals surface area (Å²) in [5, 5.41) is 0. The van der Waals surface area contributed by atoms with Crippen molar-refractivity contribution in [2.45, 2.75) is 6.92 Å². The fourth-order valence-electron chi connectivity index (χ4n) is 0.523. The number of carbonyl (C=O) groups is 1. The Morgan fingerprint density at radius 2 is 2.14 bits per heavy atom. The van der Waals surface area contributed by atoms with Gasteiger partial charge < -0.3 is 10.5 Å². The molecule has 0 aromatic carbocycles. The minimum atomic E-state index is -3.83. The highest BCUT2D eigenvalue weighted by Gasteiger charge is 2.14. The zero-order valence-electron chi connectivity index (χ0n) is 8.11. The van der Waals surface area contributed by atoms with Crippen LogP contribution in [0.1, 0.15) is 6.92 Å². The van der Waals surface area contributed by atoms with E-state index in [1.54, 1.807) is 11.6 Å². The highest BCUT2D eigenvalue weighted by molar-refractivity contribution is 7.88. The molecule has 0 spiro atoms. The van der Waals surface area contributed by atoms with Gasteiger partial charge >= 0.3 is 16.3 Å². The van der Waals surface area contributed by atoms with E-state index < -0.39 is 16.3 Å². The monoisotopic (exact) mass is 225 g/mol. The number of nitrogens with one attached hydrogen (secondary N) is 2. The fraction of sp³-hybridized carbons (Fsp3) is 0.833. The molecule has 0 rings (SSSR count). The number of amides is 1. The van der Waals surface area contributed by atoms with Crippen LogP contribution in [0.15, 0.2) is 0 Å². The average molecular weight is 225 g/mol. The van der Waals surface area contributed by atoms with Crippen LogP contribution in [0.5, 0.6) is 0 Å². The van der Waals surface area contributed by atoms with Crippen LogP contribution in [0, 0.1) is 5.92 Å². The normalized spacial score (nSPS) is 13.4. The molecule has 0 saturated carbocycles. The molecular weight excluding hydrogens is 210 g/mol. The first kappa shape index (κ1) is 13.1. The molecule has 0 aromatic rings. The van der Waals surface area contributed by atoms with Crippen LogP contribution in [0.3, 0.4) is 0 Å². The Labute approximate surface area is 83.2 Å². The first-order chi connectivity index (χ1) is 6.41. The molecule has 1 amide bonds. The minimum Gasteiger partial charge on any atom is -0.452 e. The van der Waals surface area contributed by atoms with Crippen LogP contribution in [-0.2, 0) is 14.9 Å². The molecular formula is C6H15N3O4S. The lowest BCUT2D eigenvalue weighted by atomic mass is 10.2. The SMILES string of the molecule is COC(=O)NS(=O)(=O)NCC(C)CN. The second kappa shape index (κ2) is 5.78. The molecule has 0 fully saturated rings. The lowest BCUT2D eigenvalue weighted by Crippen LogP contribution is -2.42. The molecule has 1 atom stereocenters. The van der Waals surface area contributed by atoms with E-state index in [-0.39, 0.29) is 12.5 Å². The van der Waals surface area contributed by atoms with Crippen molar-refractivity contribution < 1.29 is 17.9 Å². The van der Waals surface area contributed by atoms with E-state index in [0.717, 1.165) is 7.11 Å². The largest absolute Gasteiger partial charge is 0.452 e. The summed E-state index contributed by atoms with van der Waals surface area (Å²) in [5.74, 6) is 0.00391. The molecule has 14 heavy (non-hydrogen) atoms. The number of ether oxygens (including phenoxy) is 1. The summed E-state index contributed by atoms with van der Waals surface area (Å²) < 4.78 is 30.0. The van der Waals surface area contributed by atoms with E-state index in [1.807, 2.05) is 0 Å². The van der Waals surface area contributed by atoms with Crippen molar-refractivity contribution in [3.8, 4) is 0 Å². The average Bonchev–Trinajstić information content (AvgIpc) is 2.13. The molecule has 1 unspecified atom stereocenters. The predicted octanol–water partition coefficient (Wildman–Crippen LogP) is -1.23. The molecule has 84 valence electrons. The summed E-state index contributed by atoms with van der Waals surface area (Å²) in [6.45, 7) is 2.31. The minimum absolute atomic E-state index is 0.00391. The third-order valence-corrected chi connectivity index (χ3v) is 2.41. The van der Waals surface area contributed by atoms with Crippen molar-refractivity contribution in [3.05, 3.63) is 0 Å². The van der Waals surface area contributed by atoms with Gasteiger partial charge in [0.2, 0.25) is 0 Å². The van der Waals surface area contributed by atoms with Gasteiger partial charge in [0.25, 0.3) is 0 Å². The fourth-order valence-corrected chi connectivity index (χ4v) is 1.40. The van der Waals surface area contributed by atoms with Crippen molar-refractivity contribution in [2.24, 2.45) is 11.7 Å². The summed E-state index contributed by atoms with van der Waals surface area (Å²) in [7, 11) is -2.75. The van der Waals surface area contributed by atoms with E-state index in [4.69, 9.17) is 5.73 Å². The molecule has 0 heterocycles. The Morgan fingerprint density at radius 1 is 1.57 bits per heavy atom. The number of methoxy groups -OCH3 is 1. The van der Waals surface area contributed by atoms with E-state index in [1.165, 1.54) is 0 Å². The van der Waals surface area contributed by atoms with Crippen molar-refractivity contribution >= 4 is 16.3 Å². The summed E-state index contributed by atoms with van der Waals surface area (Å²) >= 11 is 0. The van der Waals surface area contributed by atoms with Gasteiger partial charge in [-0.1, -0.05) is 6.92 Å². The maximum atomic E-state index is 11.1. The maximum absolute atomic E-state index is 11.1. The van der Waals surface area contributed by atoms with Gasteiger partial charge in [-0.15, -0.1) is 0 Å². The molecule has 4 N–H and O–H groups in total. The maximum Gasteiger partial charge on any atom is 0.421 e. The van der Waals surface area contributed by atoms with E-state index in [2.05, 4.69) is 9.46 Å². The molecule has 7 nitrogen and oxygen atoms in total. The summed E-state index contributed by atoms with van der Waals surface area (Å²) in [5.41, 5.74) is 5.28. The highest BCUT2D eigenvalue weighted by Crippen LogP contribution is 1.89. The second-order valence-electron chi connectivity index (χ2n) is 2.79. The molecule has 0 aliphatic heterocycles. The first-order valence-corrected chi connectivity index (χ1v) is 5.45. The van der Waals surface area contributed by atoms with Gasteiger partial charge in [0.05, 0.1) is 7.11 Å². The van der Waals surface area contributed by atoms with Crippen molar-refractivity contribution in [2.75, 3.05) is 20.2 Å². The Kier molecular flexibility index (Phi) is 5.43. The van der Waals surface area contributed by atoms with E-state index in [0.29, 0.717) is 6.54 Å². The topological polar surface area (TPSA) is 111 Å². The van der Waals surface area contributed by atoms with Crippen molar-refractivity contribution in [1.82, 2.24) is 9.44 Å². The first-order valence-electron chi connectivity index (χ1n) is 3.96. The quantitative estimate of drug-likeness (QED) is 0.542. The molecule has 0 aliphatic rings. The molecule has 0 radical (unpaired) electrons. The van der Waals surface area contributed by atoms with Crippen LogP contribution in [0.4, 0.5) is 4.79 Å². The Hall–Kier alpha value is -0.860. The summed E-state index contributed by atoms with van der Waals surface area (Å²) in [6.07, 6.45) is -1.03. The molecule has 8 heteroatoms. The lowest BCUT2D eigenvalue weighted by Gasteiger charge is -2.10. The molecule has 0 saturated heterocycles. The van der Waals surface area contributed by atoms with Gasteiger partial charge in [-0.25, -0.2) is 9.52 Å². The van der Waals surface area contributed by atoms with E-state index in [9.17, 15) is 13.2 Å². The van der Waals surface area contributed by atoms with Gasteiger partial charge in [0, 0.05) is 6.54 Å². The number of hydrogen-bond donors (Lipinski definition) is 3. The number of rotatable bonds is 5. The van der Waals surface area contributed by atoms with Gasteiger partial charge in [-0.3, -0.25) is 0 Å². The lowest BCUT2D eigenvalue weighted by molar-refractivity contribution is 0.177. The zero-order valence-corrected chi connectivity index (χ0v) is 8.93. The van der Waals surface area contributed by atoms with Gasteiger partial charge in [0.1, 0.15) is 0 Å². The third-order valence-electron chi connectivity index (χ3n) is 1.43. The smallest absolute Gasteiger partial charge is 0.421 e. The van der Waals surface area contributed by atoms with Gasteiger partial charge in [-0.05, 0) is 12.5 Å². The molecule has 0 aromatic heterocycles. The van der Waals surface area contributed by atoms with Crippen molar-refractivity contribution in [3.63, 3.8) is 0 Å². The predicted molar refractivity (Wildman–Crippen MR) is 50.7 cm³/mol. The molecule has 0 aliphatic carbocycles. The van der Waals surface area contributed by atoms with Crippen LogP contribution >= 0.6 is 0 Å². The summed E-state index contributed by atoms with van der Waals surface area (Å²) in [6, 6.07) is 0. The van der Waals surface area contributed by atoms with Gasteiger partial charge in [0.15, 0.2) is 0 Å². The number of hydrogen-bond acceptors (Lipinski definition) is 5. The van der Waals surface area contributed by atoms with E-state index >= 15 is 0 Å². The Balaban J connectivity index is 4.03. The van der Waals surface area contributed by atoms with Crippen LogP contribution in [0.25, 0.3) is 0 Å². The second-order valence-corrected chi connectivity index (χ2v) is 4.29. The van der Waals surface area contributed by atoms with Gasteiger partial charge in [-0.2, -0.15) is 13.1 Å². The van der Waals surface area contributed by atoms with Crippen LogP contribution in [-0.4, -0.2) is 34.7 Å². The molecule has 0 bridgehead atoms. The summed E-state index contributed by atoms with van der Waals surface area (Å²) in [4.78, 5) is 10.6. The van der Waals surface area contributed by atoms with Crippen LogP contribution < -0.4 is 15.2 Å². The van der Waals surface area contributed by atoms with Crippen molar-refractivity contribution in [1.29, 1.82) is 0 Å². The third kappa shape index (κ3) is 5.73. The Morgan fingerprint density at radius 3 is 2.57 bits per heavy atom. The zero-order chi connectivity index (χ0) is 11.2.